The lowest BCUT2D eigenvalue weighted by Gasteiger charge is -2.07. The molecular formula is C15H16FNS. The maximum absolute atomic E-state index is 13.9. The molecule has 1 fully saturated rings. The van der Waals surface area contributed by atoms with E-state index in [1.807, 2.05) is 30.5 Å². The minimum atomic E-state index is -0.129. The van der Waals surface area contributed by atoms with E-state index < -0.39 is 0 Å². The molecule has 1 saturated carbocycles. The van der Waals surface area contributed by atoms with Crippen LogP contribution in [-0.4, -0.2) is 6.04 Å². The van der Waals surface area contributed by atoms with Crippen molar-refractivity contribution >= 4 is 11.3 Å². The Morgan fingerprint density at radius 2 is 2.17 bits per heavy atom. The molecule has 0 unspecified atom stereocenters. The van der Waals surface area contributed by atoms with Gasteiger partial charge < -0.3 is 5.32 Å². The van der Waals surface area contributed by atoms with Crippen molar-refractivity contribution in [1.82, 2.24) is 5.32 Å². The summed E-state index contributed by atoms with van der Waals surface area (Å²) in [4.78, 5) is 1.04. The van der Waals surface area contributed by atoms with Crippen molar-refractivity contribution in [3.8, 4) is 10.4 Å². The topological polar surface area (TPSA) is 12.0 Å². The highest BCUT2D eigenvalue weighted by atomic mass is 32.1. The van der Waals surface area contributed by atoms with Crippen molar-refractivity contribution < 1.29 is 4.39 Å². The molecule has 1 aliphatic rings. The zero-order valence-corrected chi connectivity index (χ0v) is 11.2. The van der Waals surface area contributed by atoms with Gasteiger partial charge in [-0.1, -0.05) is 6.07 Å². The van der Waals surface area contributed by atoms with Crippen LogP contribution in [0.15, 0.2) is 29.6 Å². The van der Waals surface area contributed by atoms with E-state index in [1.165, 1.54) is 12.8 Å². The number of hydrogen-bond donors (Lipinski definition) is 1. The van der Waals surface area contributed by atoms with Gasteiger partial charge in [-0.15, -0.1) is 11.3 Å². The lowest BCUT2D eigenvalue weighted by atomic mass is 10.1. The Morgan fingerprint density at radius 3 is 2.83 bits per heavy atom. The van der Waals surface area contributed by atoms with Gasteiger partial charge in [0.05, 0.1) is 0 Å². The first kappa shape index (κ1) is 11.9. The first-order valence-electron chi connectivity index (χ1n) is 6.30. The minimum Gasteiger partial charge on any atom is -0.310 e. The van der Waals surface area contributed by atoms with Gasteiger partial charge in [0.1, 0.15) is 5.82 Å². The van der Waals surface area contributed by atoms with Gasteiger partial charge in [-0.3, -0.25) is 0 Å². The zero-order chi connectivity index (χ0) is 12.5. The van der Waals surface area contributed by atoms with Crippen LogP contribution in [0, 0.1) is 12.7 Å². The van der Waals surface area contributed by atoms with Crippen LogP contribution < -0.4 is 5.32 Å². The maximum atomic E-state index is 13.9. The molecule has 1 aliphatic carbocycles. The van der Waals surface area contributed by atoms with Gasteiger partial charge in [-0.2, -0.15) is 0 Å². The van der Waals surface area contributed by atoms with E-state index in [1.54, 1.807) is 17.4 Å². The number of benzene rings is 1. The fourth-order valence-electron chi connectivity index (χ4n) is 2.05. The van der Waals surface area contributed by atoms with Crippen LogP contribution in [0.4, 0.5) is 4.39 Å². The van der Waals surface area contributed by atoms with Crippen LogP contribution in [0.25, 0.3) is 10.4 Å². The number of aryl methyl sites for hydroxylation is 1. The molecule has 1 aromatic heterocycles. The third-order valence-corrected chi connectivity index (χ3v) is 4.36. The lowest BCUT2D eigenvalue weighted by molar-refractivity contribution is 0.628. The zero-order valence-electron chi connectivity index (χ0n) is 10.4. The molecule has 0 aliphatic heterocycles. The van der Waals surface area contributed by atoms with E-state index in [0.29, 0.717) is 6.04 Å². The fraction of sp³-hybridized carbons (Fsp3) is 0.333. The summed E-state index contributed by atoms with van der Waals surface area (Å²) >= 11 is 1.60. The molecule has 2 aromatic rings. The molecule has 1 aromatic carbocycles. The Balaban J connectivity index is 1.87. The molecule has 1 nitrogen and oxygen atoms in total. The molecule has 94 valence electrons. The van der Waals surface area contributed by atoms with Gasteiger partial charge in [0.25, 0.3) is 0 Å². The first-order valence-corrected chi connectivity index (χ1v) is 7.18. The summed E-state index contributed by atoms with van der Waals surface area (Å²) in [6, 6.07) is 8.15. The molecule has 0 spiro atoms. The van der Waals surface area contributed by atoms with Crippen LogP contribution in [0.2, 0.25) is 0 Å². The fourth-order valence-corrected chi connectivity index (χ4v) is 3.00. The number of nitrogens with one attached hydrogen (secondary N) is 1. The van der Waals surface area contributed by atoms with Crippen molar-refractivity contribution in [3.05, 3.63) is 46.6 Å². The van der Waals surface area contributed by atoms with Gasteiger partial charge >= 0.3 is 0 Å². The quantitative estimate of drug-likeness (QED) is 0.873. The van der Waals surface area contributed by atoms with Crippen molar-refractivity contribution in [1.29, 1.82) is 0 Å². The van der Waals surface area contributed by atoms with Crippen molar-refractivity contribution in [3.63, 3.8) is 0 Å². The summed E-state index contributed by atoms with van der Waals surface area (Å²) in [5, 5.41) is 5.47. The second-order valence-electron chi connectivity index (χ2n) is 4.90. The van der Waals surface area contributed by atoms with Crippen LogP contribution in [0.1, 0.15) is 24.0 Å². The first-order chi connectivity index (χ1) is 8.74. The molecule has 0 amide bonds. The molecule has 3 heteroatoms. The van der Waals surface area contributed by atoms with E-state index in [2.05, 4.69) is 5.32 Å². The summed E-state index contributed by atoms with van der Waals surface area (Å²) in [5.74, 6) is -0.129. The predicted octanol–water partition coefficient (Wildman–Crippen LogP) is 4.11. The van der Waals surface area contributed by atoms with Gasteiger partial charge in [0, 0.05) is 23.0 Å². The monoisotopic (exact) mass is 261 g/mol. The van der Waals surface area contributed by atoms with Gasteiger partial charge in [0.15, 0.2) is 0 Å². The largest absolute Gasteiger partial charge is 0.310 e. The summed E-state index contributed by atoms with van der Waals surface area (Å²) in [5.41, 5.74) is 3.04. The normalized spacial score (nSPS) is 15.0. The van der Waals surface area contributed by atoms with Crippen molar-refractivity contribution in [2.24, 2.45) is 0 Å². The van der Waals surface area contributed by atoms with Crippen molar-refractivity contribution in [2.45, 2.75) is 32.4 Å². The highest BCUT2D eigenvalue weighted by Crippen LogP contribution is 2.32. The highest BCUT2D eigenvalue weighted by molar-refractivity contribution is 7.13. The molecule has 0 bridgehead atoms. The Bertz CT molecular complexity index is 557. The van der Waals surface area contributed by atoms with Gasteiger partial charge in [0.2, 0.25) is 0 Å². The van der Waals surface area contributed by atoms with Crippen molar-refractivity contribution in [2.75, 3.05) is 0 Å². The molecule has 0 saturated heterocycles. The van der Waals surface area contributed by atoms with E-state index >= 15 is 0 Å². The molecule has 1 heterocycles. The Morgan fingerprint density at radius 1 is 1.33 bits per heavy atom. The molecular weight excluding hydrogens is 245 g/mol. The highest BCUT2D eigenvalue weighted by Gasteiger charge is 2.20. The number of rotatable bonds is 4. The summed E-state index contributed by atoms with van der Waals surface area (Å²) in [6.07, 6.45) is 2.55. The number of halogens is 1. The van der Waals surface area contributed by atoms with Crippen LogP contribution in [-0.2, 0) is 6.54 Å². The lowest BCUT2D eigenvalue weighted by Crippen LogP contribution is -2.15. The third-order valence-electron chi connectivity index (χ3n) is 3.31. The van der Waals surface area contributed by atoms with Gasteiger partial charge in [-0.25, -0.2) is 4.39 Å². The summed E-state index contributed by atoms with van der Waals surface area (Å²) < 4.78 is 13.9. The Hall–Kier alpha value is -1.19. The molecule has 1 N–H and O–H groups in total. The smallest absolute Gasteiger partial charge is 0.131 e. The summed E-state index contributed by atoms with van der Waals surface area (Å²) in [6.45, 7) is 2.86. The van der Waals surface area contributed by atoms with E-state index in [9.17, 15) is 4.39 Å². The molecule has 0 radical (unpaired) electrons. The van der Waals surface area contributed by atoms with E-state index in [0.717, 1.165) is 28.1 Å². The second kappa shape index (κ2) is 4.82. The predicted molar refractivity (Wildman–Crippen MR) is 74.3 cm³/mol. The standard InChI is InChI=1S/C15H16FNS/c1-10-6-7-18-15(10)13-8-11(2-5-14(13)16)9-17-12-3-4-12/h2,5-8,12,17H,3-4,9H2,1H3. The SMILES string of the molecule is Cc1ccsc1-c1cc(CNC2CC2)ccc1F. The average Bonchev–Trinajstić information content (AvgIpc) is 3.10. The molecule has 3 rings (SSSR count). The Kier molecular flexibility index (Phi) is 3.18. The Labute approximate surface area is 111 Å². The molecule has 0 atom stereocenters. The van der Waals surface area contributed by atoms with Gasteiger partial charge in [-0.05, 0) is 54.5 Å². The number of thiophene rings is 1. The third kappa shape index (κ3) is 2.47. The van der Waals surface area contributed by atoms with Crippen LogP contribution in [0.3, 0.4) is 0 Å². The van der Waals surface area contributed by atoms with E-state index in [-0.39, 0.29) is 5.82 Å². The maximum Gasteiger partial charge on any atom is 0.131 e. The van der Waals surface area contributed by atoms with Crippen LogP contribution >= 0.6 is 11.3 Å². The second-order valence-corrected chi connectivity index (χ2v) is 5.82. The minimum absolute atomic E-state index is 0.129. The van der Waals surface area contributed by atoms with E-state index in [4.69, 9.17) is 0 Å². The number of hydrogen-bond acceptors (Lipinski definition) is 2. The average molecular weight is 261 g/mol. The summed E-state index contributed by atoms with van der Waals surface area (Å²) in [7, 11) is 0. The van der Waals surface area contributed by atoms with Crippen LogP contribution in [0.5, 0.6) is 0 Å². The molecule has 18 heavy (non-hydrogen) atoms.